The Bertz CT molecular complexity index is 1410. The normalized spacial score (nSPS) is 21.8. The Labute approximate surface area is 181 Å². The summed E-state index contributed by atoms with van der Waals surface area (Å²) >= 11 is 0. The van der Waals surface area contributed by atoms with E-state index >= 15 is 0 Å². The first-order valence-corrected chi connectivity index (χ1v) is 10.4. The summed E-state index contributed by atoms with van der Waals surface area (Å²) in [5.74, 6) is 1.84. The van der Waals surface area contributed by atoms with Gasteiger partial charge in [-0.15, -0.1) is 0 Å². The van der Waals surface area contributed by atoms with Crippen LogP contribution in [0.5, 0.6) is 0 Å². The van der Waals surface area contributed by atoms with Gasteiger partial charge in [0.1, 0.15) is 18.7 Å². The topological polar surface area (TPSA) is 94.9 Å². The lowest BCUT2D eigenvalue weighted by Gasteiger charge is -2.21. The smallest absolute Gasteiger partial charge is 0.280 e. The van der Waals surface area contributed by atoms with Gasteiger partial charge in [-0.05, 0) is 24.0 Å². The van der Waals surface area contributed by atoms with Crippen LogP contribution in [-0.4, -0.2) is 42.3 Å². The molecular formula is C22H20FN7O2. The van der Waals surface area contributed by atoms with E-state index in [2.05, 4.69) is 31.6 Å². The minimum Gasteiger partial charge on any atom is -0.371 e. The molecule has 10 heteroatoms. The van der Waals surface area contributed by atoms with Crippen molar-refractivity contribution in [3.8, 4) is 0 Å². The molecule has 1 aliphatic heterocycles. The van der Waals surface area contributed by atoms with Gasteiger partial charge in [0.2, 0.25) is 5.89 Å². The van der Waals surface area contributed by atoms with Gasteiger partial charge in [-0.1, -0.05) is 23.9 Å². The van der Waals surface area contributed by atoms with Gasteiger partial charge in [0.15, 0.2) is 17.0 Å². The first-order chi connectivity index (χ1) is 15.5. The second kappa shape index (κ2) is 6.84. The van der Waals surface area contributed by atoms with E-state index < -0.39 is 0 Å². The number of nitrogens with zero attached hydrogens (tertiary/aromatic N) is 7. The molecule has 6 rings (SSSR count). The molecule has 2 aliphatic rings. The predicted octanol–water partition coefficient (Wildman–Crippen LogP) is 2.19. The Morgan fingerprint density at radius 3 is 2.78 bits per heavy atom. The molecule has 0 bridgehead atoms. The van der Waals surface area contributed by atoms with E-state index in [1.54, 1.807) is 30.1 Å². The average Bonchev–Trinajstić information content (AvgIpc) is 3.21. The number of hydrogen-bond donors (Lipinski definition) is 0. The number of rotatable bonds is 5. The van der Waals surface area contributed by atoms with Gasteiger partial charge in [-0.2, -0.15) is 4.98 Å². The molecule has 0 amide bonds. The minimum absolute atomic E-state index is 0.156. The highest BCUT2D eigenvalue weighted by atomic mass is 19.1. The van der Waals surface area contributed by atoms with Gasteiger partial charge in [0, 0.05) is 37.3 Å². The van der Waals surface area contributed by atoms with Crippen molar-refractivity contribution in [2.75, 3.05) is 18.0 Å². The highest BCUT2D eigenvalue weighted by Crippen LogP contribution is 2.57. The SMILES string of the molecule is C=Cc1ccc(N2C[C@@H]3C(c4noc(Cn5cnc6ncn(C)c6c5=O)n4)[C@@H]3C2)cc1F. The molecule has 4 aromatic rings. The van der Waals surface area contributed by atoms with Crippen LogP contribution in [0.2, 0.25) is 0 Å². The van der Waals surface area contributed by atoms with E-state index in [1.165, 1.54) is 17.0 Å². The van der Waals surface area contributed by atoms with Crippen LogP contribution in [0.3, 0.4) is 0 Å². The van der Waals surface area contributed by atoms with Gasteiger partial charge in [0.05, 0.1) is 6.33 Å². The van der Waals surface area contributed by atoms with E-state index in [1.807, 2.05) is 6.07 Å². The summed E-state index contributed by atoms with van der Waals surface area (Å²) in [6.45, 7) is 5.43. The van der Waals surface area contributed by atoms with Crippen LogP contribution in [0.4, 0.5) is 10.1 Å². The third-order valence-corrected chi connectivity index (χ3v) is 6.55. The van der Waals surface area contributed by atoms with Crippen LogP contribution < -0.4 is 10.5 Å². The summed E-state index contributed by atoms with van der Waals surface area (Å²) in [7, 11) is 1.75. The maximum absolute atomic E-state index is 14.1. The highest BCUT2D eigenvalue weighted by Gasteiger charge is 2.58. The number of anilines is 1. The largest absolute Gasteiger partial charge is 0.371 e. The van der Waals surface area contributed by atoms with Crippen LogP contribution in [0.1, 0.15) is 23.2 Å². The molecule has 1 unspecified atom stereocenters. The summed E-state index contributed by atoms with van der Waals surface area (Å²) in [6, 6.07) is 5.25. The van der Waals surface area contributed by atoms with Crippen LogP contribution in [0.15, 0.2) is 46.8 Å². The highest BCUT2D eigenvalue weighted by molar-refractivity contribution is 5.68. The molecule has 4 heterocycles. The van der Waals surface area contributed by atoms with Crippen LogP contribution in [0, 0.1) is 17.7 Å². The maximum Gasteiger partial charge on any atom is 0.280 e. The molecule has 0 radical (unpaired) electrons. The Balaban J connectivity index is 1.15. The van der Waals surface area contributed by atoms with Crippen LogP contribution >= 0.6 is 0 Å². The molecule has 0 N–H and O–H groups in total. The Hall–Kier alpha value is -3.82. The lowest BCUT2D eigenvalue weighted by Crippen LogP contribution is -2.24. The lowest BCUT2D eigenvalue weighted by molar-refractivity contribution is 0.363. The van der Waals surface area contributed by atoms with Crippen molar-refractivity contribution >= 4 is 22.9 Å². The summed E-state index contributed by atoms with van der Waals surface area (Å²) < 4.78 is 22.6. The fourth-order valence-corrected chi connectivity index (χ4v) is 4.80. The summed E-state index contributed by atoms with van der Waals surface area (Å²) in [4.78, 5) is 27.7. The number of fused-ring (bicyclic) bond motifs is 2. The zero-order valence-corrected chi connectivity index (χ0v) is 17.3. The molecule has 3 atom stereocenters. The molecule has 3 aromatic heterocycles. The molecule has 2 fully saturated rings. The molecule has 0 spiro atoms. The fraction of sp³-hybridized carbons (Fsp3) is 0.318. The Morgan fingerprint density at radius 1 is 1.25 bits per heavy atom. The van der Waals surface area contributed by atoms with Crippen molar-refractivity contribution in [1.29, 1.82) is 0 Å². The molecule has 162 valence electrons. The van der Waals surface area contributed by atoms with Gasteiger partial charge < -0.3 is 14.0 Å². The number of hydrogen-bond acceptors (Lipinski definition) is 7. The van der Waals surface area contributed by atoms with Gasteiger partial charge in [-0.3, -0.25) is 9.36 Å². The number of aryl methyl sites for hydroxylation is 1. The van der Waals surface area contributed by atoms with Gasteiger partial charge >= 0.3 is 0 Å². The average molecular weight is 433 g/mol. The fourth-order valence-electron chi connectivity index (χ4n) is 4.80. The standard InChI is InChI=1S/C22H20FN7O2/c1-3-12-4-5-13(6-16(12)23)29-7-14-15(8-29)18(14)20-26-17(32-27-20)9-30-11-25-21-19(22(30)31)28(2)10-24-21/h3-6,10-11,14-15,18H,1,7-9H2,2H3/t14-,15+,18?. The van der Waals surface area contributed by atoms with Crippen molar-refractivity contribution in [2.24, 2.45) is 18.9 Å². The molecule has 1 aliphatic carbocycles. The van der Waals surface area contributed by atoms with E-state index in [0.29, 0.717) is 40.3 Å². The molecule has 1 saturated carbocycles. The quantitative estimate of drug-likeness (QED) is 0.476. The molecule has 32 heavy (non-hydrogen) atoms. The third-order valence-electron chi connectivity index (χ3n) is 6.55. The van der Waals surface area contributed by atoms with E-state index in [-0.39, 0.29) is 23.8 Å². The van der Waals surface area contributed by atoms with Crippen molar-refractivity contribution in [3.63, 3.8) is 0 Å². The number of piperidine rings is 1. The van der Waals surface area contributed by atoms with E-state index in [0.717, 1.165) is 18.8 Å². The first kappa shape index (κ1) is 18.9. The first-order valence-electron chi connectivity index (χ1n) is 10.4. The second-order valence-electron chi connectivity index (χ2n) is 8.42. The zero-order valence-electron chi connectivity index (χ0n) is 17.3. The minimum atomic E-state index is -0.258. The number of aromatic nitrogens is 6. The number of halogens is 1. The summed E-state index contributed by atoms with van der Waals surface area (Å²) in [6.07, 6.45) is 4.52. The number of imidazole rings is 1. The maximum atomic E-state index is 14.1. The third kappa shape index (κ3) is 2.86. The number of benzene rings is 1. The van der Waals surface area contributed by atoms with Crippen molar-refractivity contribution in [1.82, 2.24) is 29.2 Å². The molecular weight excluding hydrogens is 413 g/mol. The van der Waals surface area contributed by atoms with Crippen molar-refractivity contribution in [2.45, 2.75) is 12.5 Å². The Kier molecular flexibility index (Phi) is 4.04. The lowest BCUT2D eigenvalue weighted by atomic mass is 10.1. The summed E-state index contributed by atoms with van der Waals surface area (Å²) in [5.41, 5.74) is 2.02. The molecule has 1 aromatic carbocycles. The molecule has 1 saturated heterocycles. The van der Waals surface area contributed by atoms with Crippen molar-refractivity contribution < 1.29 is 8.91 Å². The monoisotopic (exact) mass is 433 g/mol. The van der Waals surface area contributed by atoms with E-state index in [9.17, 15) is 9.18 Å². The van der Waals surface area contributed by atoms with E-state index in [4.69, 9.17) is 4.52 Å². The molecule has 9 nitrogen and oxygen atoms in total. The van der Waals surface area contributed by atoms with Crippen LogP contribution in [0.25, 0.3) is 17.2 Å². The predicted molar refractivity (Wildman–Crippen MR) is 115 cm³/mol. The zero-order chi connectivity index (χ0) is 22.0. The summed E-state index contributed by atoms with van der Waals surface area (Å²) in [5, 5.41) is 4.16. The van der Waals surface area contributed by atoms with Crippen LogP contribution in [-0.2, 0) is 13.6 Å². The Morgan fingerprint density at radius 2 is 2.03 bits per heavy atom. The second-order valence-corrected chi connectivity index (χ2v) is 8.42. The van der Waals surface area contributed by atoms with Gasteiger partial charge in [0.25, 0.3) is 5.56 Å². The van der Waals surface area contributed by atoms with Gasteiger partial charge in [-0.25, -0.2) is 14.4 Å². The van der Waals surface area contributed by atoms with Crippen molar-refractivity contribution in [3.05, 3.63) is 70.9 Å².